The van der Waals surface area contributed by atoms with Crippen LogP contribution in [-0.2, 0) is 16.1 Å². The minimum atomic E-state index is -1.01. The van der Waals surface area contributed by atoms with E-state index in [0.29, 0.717) is 47.5 Å². The van der Waals surface area contributed by atoms with Crippen molar-refractivity contribution in [1.82, 2.24) is 20.3 Å². The first-order chi connectivity index (χ1) is 17.9. The minimum absolute atomic E-state index is 0.108. The first kappa shape index (κ1) is 25.9. The van der Waals surface area contributed by atoms with E-state index in [0.717, 1.165) is 11.9 Å². The molecule has 37 heavy (non-hydrogen) atoms. The average molecular weight is 504 g/mol. The zero-order valence-electron chi connectivity index (χ0n) is 21.7. The summed E-state index contributed by atoms with van der Waals surface area (Å²) in [7, 11) is 0. The summed E-state index contributed by atoms with van der Waals surface area (Å²) in [6.45, 7) is 8.81. The third kappa shape index (κ3) is 6.17. The van der Waals surface area contributed by atoms with Crippen LogP contribution in [0.4, 0.5) is 5.69 Å². The third-order valence-electron chi connectivity index (χ3n) is 5.96. The number of nitrogens with one attached hydrogen (secondary N) is 1. The van der Waals surface area contributed by atoms with Crippen LogP contribution in [0.3, 0.4) is 0 Å². The number of benzene rings is 2. The van der Waals surface area contributed by atoms with Crippen molar-refractivity contribution in [3.8, 4) is 5.75 Å². The first-order valence-corrected chi connectivity index (χ1v) is 12.5. The summed E-state index contributed by atoms with van der Waals surface area (Å²) in [5.74, 6) is 1.47. The number of aryl methyl sites for hydroxylation is 1. The zero-order chi connectivity index (χ0) is 26.4. The molecule has 0 aliphatic heterocycles. The quantitative estimate of drug-likeness (QED) is 0.319. The van der Waals surface area contributed by atoms with Gasteiger partial charge >= 0.3 is 0 Å². The number of ether oxygens (including phenoxy) is 1. The number of aromatic nitrogens is 3. The smallest absolute Gasteiger partial charge is 0.251 e. The Morgan fingerprint density at radius 1 is 1.08 bits per heavy atom. The van der Waals surface area contributed by atoms with E-state index in [1.165, 1.54) is 4.90 Å². The molecule has 0 fully saturated rings. The Bertz CT molecular complexity index is 1340. The van der Waals surface area contributed by atoms with Crippen molar-refractivity contribution >= 4 is 28.5 Å². The van der Waals surface area contributed by atoms with Crippen LogP contribution in [0.5, 0.6) is 5.75 Å². The number of furan rings is 1. The second-order valence-electron chi connectivity index (χ2n) is 9.25. The number of hydrogen-bond donors (Lipinski definition) is 1. The molecule has 0 unspecified atom stereocenters. The molecule has 1 N–H and O–H groups in total. The lowest BCUT2D eigenvalue weighted by Crippen LogP contribution is -2.45. The number of rotatable bonds is 11. The molecule has 9 nitrogen and oxygen atoms in total. The molecule has 0 radical (unpaired) electrons. The predicted molar refractivity (Wildman–Crippen MR) is 141 cm³/mol. The topological polar surface area (TPSA) is 102 Å². The lowest BCUT2D eigenvalue weighted by atomic mass is 10.1. The van der Waals surface area contributed by atoms with Gasteiger partial charge in [0.05, 0.1) is 12.1 Å². The highest BCUT2D eigenvalue weighted by Crippen LogP contribution is 2.31. The van der Waals surface area contributed by atoms with Crippen molar-refractivity contribution in [2.45, 2.75) is 46.7 Å². The van der Waals surface area contributed by atoms with Gasteiger partial charge in [-0.15, -0.1) is 5.10 Å². The molecule has 0 aliphatic carbocycles. The van der Waals surface area contributed by atoms with E-state index in [2.05, 4.69) is 29.5 Å². The Balaban J connectivity index is 1.74. The first-order valence-electron chi connectivity index (χ1n) is 12.5. The van der Waals surface area contributed by atoms with Crippen LogP contribution in [0.25, 0.3) is 11.0 Å². The highest BCUT2D eigenvalue weighted by Gasteiger charge is 2.35. The number of para-hydroxylation sites is 1. The standard InChI is InChI=1S/C28H33N5O4/c1-5-36-22-13-11-21(12-14-22)33(26(34)18-32-24-9-7-6-8-23(24)30-31-32)27(25-15-10-20(4)37-25)28(35)29-17-16-19(2)3/h6-15,19,27H,5,16-18H2,1-4H3,(H,29,35)/t27-/m1/s1. The molecule has 0 spiro atoms. The van der Waals surface area contributed by atoms with Crippen LogP contribution in [0, 0.1) is 12.8 Å². The number of carbonyl (C=O) groups is 2. The third-order valence-corrected chi connectivity index (χ3v) is 5.96. The van der Waals surface area contributed by atoms with Crippen molar-refractivity contribution < 1.29 is 18.7 Å². The van der Waals surface area contributed by atoms with Crippen molar-refractivity contribution in [3.63, 3.8) is 0 Å². The second-order valence-corrected chi connectivity index (χ2v) is 9.25. The number of hydrogen-bond acceptors (Lipinski definition) is 6. The van der Waals surface area contributed by atoms with E-state index in [9.17, 15) is 9.59 Å². The Morgan fingerprint density at radius 3 is 2.51 bits per heavy atom. The summed E-state index contributed by atoms with van der Waals surface area (Å²) >= 11 is 0. The van der Waals surface area contributed by atoms with Gasteiger partial charge in [0.25, 0.3) is 5.91 Å². The summed E-state index contributed by atoms with van der Waals surface area (Å²) in [5, 5.41) is 11.3. The summed E-state index contributed by atoms with van der Waals surface area (Å²) in [4.78, 5) is 29.0. The van der Waals surface area contributed by atoms with Crippen molar-refractivity contribution in [3.05, 3.63) is 72.2 Å². The molecule has 0 bridgehead atoms. The highest BCUT2D eigenvalue weighted by molar-refractivity contribution is 6.01. The summed E-state index contributed by atoms with van der Waals surface area (Å²) in [6, 6.07) is 17.0. The maximum Gasteiger partial charge on any atom is 0.251 e. The molecule has 9 heteroatoms. The van der Waals surface area contributed by atoms with E-state index in [-0.39, 0.29) is 18.4 Å². The lowest BCUT2D eigenvalue weighted by Gasteiger charge is -2.30. The number of carbonyl (C=O) groups excluding carboxylic acids is 2. The van der Waals surface area contributed by atoms with Gasteiger partial charge in [-0.25, -0.2) is 4.68 Å². The van der Waals surface area contributed by atoms with Crippen molar-refractivity contribution in [2.24, 2.45) is 5.92 Å². The summed E-state index contributed by atoms with van der Waals surface area (Å²) in [6.07, 6.45) is 0.817. The fourth-order valence-corrected chi connectivity index (χ4v) is 4.10. The molecule has 4 rings (SSSR count). The summed E-state index contributed by atoms with van der Waals surface area (Å²) in [5.41, 5.74) is 1.96. The number of fused-ring (bicyclic) bond motifs is 1. The second kappa shape index (κ2) is 11.7. The number of nitrogens with zero attached hydrogens (tertiary/aromatic N) is 4. The van der Waals surface area contributed by atoms with E-state index < -0.39 is 6.04 Å². The number of anilines is 1. The maximum absolute atomic E-state index is 14.0. The molecule has 194 valence electrons. The van der Waals surface area contributed by atoms with E-state index in [1.54, 1.807) is 41.1 Å². The summed E-state index contributed by atoms with van der Waals surface area (Å²) < 4.78 is 13.0. The van der Waals surface area contributed by atoms with Gasteiger partial charge in [0.1, 0.15) is 29.3 Å². The van der Waals surface area contributed by atoms with Gasteiger partial charge in [0.2, 0.25) is 5.91 Å². The normalized spacial score (nSPS) is 12.0. The number of amides is 2. The Hall–Kier alpha value is -4.14. The van der Waals surface area contributed by atoms with Gasteiger partial charge in [0, 0.05) is 12.2 Å². The van der Waals surface area contributed by atoms with E-state index in [4.69, 9.17) is 9.15 Å². The molecule has 4 aromatic rings. The van der Waals surface area contributed by atoms with Gasteiger partial charge in [-0.2, -0.15) is 0 Å². The molecule has 0 saturated carbocycles. The van der Waals surface area contributed by atoms with Gasteiger partial charge in [-0.05, 0) is 74.7 Å². The van der Waals surface area contributed by atoms with Crippen LogP contribution in [-0.4, -0.2) is 40.0 Å². The average Bonchev–Trinajstić information content (AvgIpc) is 3.49. The Kier molecular flexibility index (Phi) is 8.22. The predicted octanol–water partition coefficient (Wildman–Crippen LogP) is 4.67. The monoisotopic (exact) mass is 503 g/mol. The van der Waals surface area contributed by atoms with Crippen LogP contribution >= 0.6 is 0 Å². The molecule has 0 saturated heterocycles. The molecule has 2 aromatic carbocycles. The van der Waals surface area contributed by atoms with Crippen molar-refractivity contribution in [2.75, 3.05) is 18.1 Å². The fourth-order valence-electron chi connectivity index (χ4n) is 4.10. The van der Waals surface area contributed by atoms with Crippen LogP contribution in [0.2, 0.25) is 0 Å². The SMILES string of the molecule is CCOc1ccc(N(C(=O)Cn2nnc3ccccc32)[C@@H](C(=O)NCCC(C)C)c2ccc(C)o2)cc1. The van der Waals surface area contributed by atoms with Crippen LogP contribution in [0.1, 0.15) is 44.8 Å². The maximum atomic E-state index is 14.0. The van der Waals surface area contributed by atoms with Crippen LogP contribution in [0.15, 0.2) is 65.1 Å². The molecule has 2 aromatic heterocycles. The van der Waals surface area contributed by atoms with Gasteiger partial charge in [-0.3, -0.25) is 14.5 Å². The van der Waals surface area contributed by atoms with Crippen molar-refractivity contribution in [1.29, 1.82) is 0 Å². The fraction of sp³-hybridized carbons (Fsp3) is 0.357. The van der Waals surface area contributed by atoms with Gasteiger partial charge < -0.3 is 14.5 Å². The lowest BCUT2D eigenvalue weighted by molar-refractivity contribution is -0.127. The van der Waals surface area contributed by atoms with E-state index >= 15 is 0 Å². The van der Waals surface area contributed by atoms with Gasteiger partial charge in [-0.1, -0.05) is 31.2 Å². The minimum Gasteiger partial charge on any atom is -0.494 e. The molecule has 2 amide bonds. The molecular formula is C28H33N5O4. The Labute approximate surface area is 216 Å². The Morgan fingerprint density at radius 2 is 1.84 bits per heavy atom. The molecule has 2 heterocycles. The highest BCUT2D eigenvalue weighted by atomic mass is 16.5. The van der Waals surface area contributed by atoms with E-state index in [1.807, 2.05) is 38.1 Å². The van der Waals surface area contributed by atoms with Crippen LogP contribution < -0.4 is 15.0 Å². The largest absolute Gasteiger partial charge is 0.494 e. The molecular weight excluding hydrogens is 470 g/mol. The molecule has 1 atom stereocenters. The molecule has 0 aliphatic rings. The zero-order valence-corrected chi connectivity index (χ0v) is 21.7. The van der Waals surface area contributed by atoms with Gasteiger partial charge in [0.15, 0.2) is 6.04 Å².